The maximum Gasteiger partial charge on any atom is -0.0351 e. The maximum atomic E-state index is 2.44. The van der Waals surface area contributed by atoms with Crippen molar-refractivity contribution in [2.24, 2.45) is 0 Å². The Balaban J connectivity index is 3.03. The molecule has 0 aliphatic heterocycles. The van der Waals surface area contributed by atoms with Crippen LogP contribution in [0.4, 0.5) is 0 Å². The van der Waals surface area contributed by atoms with Gasteiger partial charge in [-0.3, -0.25) is 0 Å². The summed E-state index contributed by atoms with van der Waals surface area (Å²) in [5, 5.41) is 0. The first kappa shape index (κ1) is 26.7. The lowest BCUT2D eigenvalue weighted by Crippen LogP contribution is -1.83. The van der Waals surface area contributed by atoms with Gasteiger partial charge in [0.1, 0.15) is 0 Å². The monoisotopic (exact) mass is 378 g/mol. The van der Waals surface area contributed by atoms with E-state index < -0.39 is 0 Å². The van der Waals surface area contributed by atoms with Crippen LogP contribution in [0, 0.1) is 0 Å². The lowest BCUT2D eigenvalue weighted by atomic mass is 10.0. The van der Waals surface area contributed by atoms with Crippen LogP contribution in [-0.4, -0.2) is 0 Å². The molecule has 162 valence electrons. The minimum atomic E-state index is 1.31. The minimum absolute atomic E-state index is 1.31. The van der Waals surface area contributed by atoms with Crippen molar-refractivity contribution < 1.29 is 0 Å². The fourth-order valence-electron chi connectivity index (χ4n) is 3.91. The maximum absolute atomic E-state index is 2.44. The van der Waals surface area contributed by atoms with Crippen molar-refractivity contribution in [2.75, 3.05) is 0 Å². The topological polar surface area (TPSA) is 0 Å². The Morgan fingerprint density at radius 3 is 0.778 bits per heavy atom. The SMILES string of the molecule is CCCCCCCCC=CCCCCCCCCCCCCCCCCC. The van der Waals surface area contributed by atoms with E-state index in [4.69, 9.17) is 0 Å². The van der Waals surface area contributed by atoms with E-state index >= 15 is 0 Å². The molecule has 0 aromatic carbocycles. The summed E-state index contributed by atoms with van der Waals surface area (Å²) >= 11 is 0. The molecule has 27 heavy (non-hydrogen) atoms. The van der Waals surface area contributed by atoms with Crippen LogP contribution in [0.3, 0.4) is 0 Å². The average Bonchev–Trinajstić information content (AvgIpc) is 2.68. The van der Waals surface area contributed by atoms with Gasteiger partial charge in [0.25, 0.3) is 0 Å². The number of unbranched alkanes of at least 4 members (excludes halogenated alkanes) is 21. The highest BCUT2D eigenvalue weighted by atomic mass is 14.0. The number of rotatable bonds is 23. The van der Waals surface area contributed by atoms with Crippen molar-refractivity contribution in [1.29, 1.82) is 0 Å². The van der Waals surface area contributed by atoms with Gasteiger partial charge in [0.15, 0.2) is 0 Å². The number of hydrogen-bond acceptors (Lipinski definition) is 0. The largest absolute Gasteiger partial charge is 0.0885 e. The molecule has 0 saturated carbocycles. The van der Waals surface area contributed by atoms with Crippen LogP contribution >= 0.6 is 0 Å². The predicted molar refractivity (Wildman–Crippen MR) is 127 cm³/mol. The summed E-state index contributed by atoms with van der Waals surface area (Å²) in [5.74, 6) is 0. The second kappa shape index (κ2) is 25.7. The van der Waals surface area contributed by atoms with Crippen LogP contribution < -0.4 is 0 Å². The van der Waals surface area contributed by atoms with Gasteiger partial charge in [-0.15, -0.1) is 0 Å². The van der Waals surface area contributed by atoms with Gasteiger partial charge in [0, 0.05) is 0 Å². The van der Waals surface area contributed by atoms with Gasteiger partial charge in [-0.05, 0) is 25.7 Å². The van der Waals surface area contributed by atoms with Crippen LogP contribution in [0.5, 0.6) is 0 Å². The first-order valence-corrected chi connectivity index (χ1v) is 13.1. The molecule has 0 aromatic rings. The Kier molecular flexibility index (Phi) is 25.5. The summed E-state index contributed by atoms with van der Waals surface area (Å²) in [6, 6.07) is 0. The summed E-state index contributed by atoms with van der Waals surface area (Å²) in [5.41, 5.74) is 0. The molecule has 0 nitrogen and oxygen atoms in total. The highest BCUT2D eigenvalue weighted by molar-refractivity contribution is 4.81. The predicted octanol–water partition coefficient (Wildman–Crippen LogP) is 10.6. The molecule has 0 spiro atoms. The molecular weight excluding hydrogens is 324 g/mol. The van der Waals surface area contributed by atoms with Crippen molar-refractivity contribution in [3.05, 3.63) is 12.2 Å². The van der Waals surface area contributed by atoms with Crippen LogP contribution in [0.25, 0.3) is 0 Å². The molecule has 0 amide bonds. The van der Waals surface area contributed by atoms with E-state index in [1.54, 1.807) is 0 Å². The van der Waals surface area contributed by atoms with Crippen molar-refractivity contribution in [3.63, 3.8) is 0 Å². The number of hydrogen-bond donors (Lipinski definition) is 0. The Labute approximate surface area is 174 Å². The van der Waals surface area contributed by atoms with E-state index in [9.17, 15) is 0 Å². The summed E-state index contributed by atoms with van der Waals surface area (Å²) in [4.78, 5) is 0. The molecule has 0 unspecified atom stereocenters. The lowest BCUT2D eigenvalue weighted by Gasteiger charge is -2.03. The van der Waals surface area contributed by atoms with E-state index in [-0.39, 0.29) is 0 Å². The second-order valence-electron chi connectivity index (χ2n) is 8.77. The van der Waals surface area contributed by atoms with Crippen LogP contribution in [0.1, 0.15) is 162 Å². The van der Waals surface area contributed by atoms with Gasteiger partial charge in [0.05, 0.1) is 0 Å². The van der Waals surface area contributed by atoms with E-state index in [0.717, 1.165) is 0 Å². The molecule has 0 N–H and O–H groups in total. The zero-order chi connectivity index (χ0) is 19.7. The van der Waals surface area contributed by atoms with E-state index in [1.807, 2.05) is 0 Å². The van der Waals surface area contributed by atoms with E-state index in [1.165, 1.54) is 148 Å². The molecule has 0 aliphatic rings. The molecule has 0 heteroatoms. The van der Waals surface area contributed by atoms with Gasteiger partial charge < -0.3 is 0 Å². The molecular formula is C27H54. The molecule has 0 atom stereocenters. The Bertz CT molecular complexity index is 265. The molecule has 0 bridgehead atoms. The van der Waals surface area contributed by atoms with Crippen molar-refractivity contribution in [1.82, 2.24) is 0 Å². The molecule has 0 saturated heterocycles. The fraction of sp³-hybridized carbons (Fsp3) is 0.926. The zero-order valence-electron chi connectivity index (χ0n) is 19.4. The first-order valence-electron chi connectivity index (χ1n) is 13.1. The van der Waals surface area contributed by atoms with Crippen molar-refractivity contribution in [3.8, 4) is 0 Å². The molecule has 0 fully saturated rings. The van der Waals surface area contributed by atoms with Crippen molar-refractivity contribution in [2.45, 2.75) is 162 Å². The van der Waals surface area contributed by atoms with Crippen LogP contribution in [0.2, 0.25) is 0 Å². The van der Waals surface area contributed by atoms with Gasteiger partial charge >= 0.3 is 0 Å². The Hall–Kier alpha value is -0.260. The van der Waals surface area contributed by atoms with Gasteiger partial charge in [-0.25, -0.2) is 0 Å². The standard InChI is InChI=1S/C27H54/c1-3-5-7-9-11-13-15-17-19-21-23-25-27-26-24-22-20-18-16-14-12-10-8-6-4-2/h17,19H,3-16,18,20-27H2,1-2H3. The lowest BCUT2D eigenvalue weighted by molar-refractivity contribution is 0.533. The Morgan fingerprint density at radius 1 is 0.296 bits per heavy atom. The first-order chi connectivity index (χ1) is 13.4. The highest BCUT2D eigenvalue weighted by Crippen LogP contribution is 2.14. The quantitative estimate of drug-likeness (QED) is 0.122. The third kappa shape index (κ3) is 25.7. The number of allylic oxidation sites excluding steroid dienone is 2. The molecule has 0 rings (SSSR count). The molecule has 0 heterocycles. The summed E-state index contributed by atoms with van der Waals surface area (Å²) < 4.78 is 0. The average molecular weight is 379 g/mol. The molecule has 0 aliphatic carbocycles. The minimum Gasteiger partial charge on any atom is -0.0885 e. The smallest absolute Gasteiger partial charge is 0.0351 e. The van der Waals surface area contributed by atoms with Crippen molar-refractivity contribution >= 4 is 0 Å². The highest BCUT2D eigenvalue weighted by Gasteiger charge is 1.94. The van der Waals surface area contributed by atoms with Crippen LogP contribution in [-0.2, 0) is 0 Å². The summed E-state index contributed by atoms with van der Waals surface area (Å²) in [6.07, 6.45) is 37.9. The van der Waals surface area contributed by atoms with Crippen LogP contribution in [0.15, 0.2) is 12.2 Å². The molecule has 0 radical (unpaired) electrons. The van der Waals surface area contributed by atoms with E-state index in [0.29, 0.717) is 0 Å². The third-order valence-electron chi connectivity index (χ3n) is 5.87. The van der Waals surface area contributed by atoms with E-state index in [2.05, 4.69) is 26.0 Å². The second-order valence-corrected chi connectivity index (χ2v) is 8.77. The Morgan fingerprint density at radius 2 is 0.519 bits per heavy atom. The summed E-state index contributed by atoms with van der Waals surface area (Å²) in [6.45, 7) is 4.59. The summed E-state index contributed by atoms with van der Waals surface area (Å²) in [7, 11) is 0. The molecule has 0 aromatic heterocycles. The normalized spacial score (nSPS) is 11.6. The zero-order valence-corrected chi connectivity index (χ0v) is 19.4. The van der Waals surface area contributed by atoms with Gasteiger partial charge in [0.2, 0.25) is 0 Å². The van der Waals surface area contributed by atoms with Gasteiger partial charge in [-0.2, -0.15) is 0 Å². The fourth-order valence-corrected chi connectivity index (χ4v) is 3.91. The third-order valence-corrected chi connectivity index (χ3v) is 5.87. The van der Waals surface area contributed by atoms with Gasteiger partial charge in [-0.1, -0.05) is 148 Å².